The Labute approximate surface area is 165 Å². The van der Waals surface area contributed by atoms with Crippen LogP contribution in [-0.2, 0) is 14.0 Å². The van der Waals surface area contributed by atoms with Crippen LogP contribution in [0.15, 0.2) is 11.8 Å². The number of ketones is 1. The van der Waals surface area contributed by atoms with Crippen molar-refractivity contribution in [1.29, 1.82) is 0 Å². The highest BCUT2D eigenvalue weighted by Gasteiger charge is 2.49. The normalized spacial score (nSPS) is 24.8. The summed E-state index contributed by atoms with van der Waals surface area (Å²) in [6, 6.07) is -1.23. The van der Waals surface area contributed by atoms with E-state index in [4.69, 9.17) is 9.16 Å². The Bertz CT molecular complexity index is 581. The van der Waals surface area contributed by atoms with Gasteiger partial charge < -0.3 is 9.16 Å². The van der Waals surface area contributed by atoms with Crippen LogP contribution < -0.4 is 0 Å². The lowest BCUT2D eigenvalue weighted by molar-refractivity contribution is -0.519. The maximum Gasteiger partial charge on any atom is 0.277 e. The Morgan fingerprint density at radius 2 is 1.89 bits per heavy atom. The topological polar surface area (TPSA) is 78.7 Å². The zero-order valence-electron chi connectivity index (χ0n) is 18.4. The van der Waals surface area contributed by atoms with Gasteiger partial charge in [0.2, 0.25) is 5.78 Å². The van der Waals surface area contributed by atoms with Gasteiger partial charge in [-0.15, -0.1) is 0 Å². The number of nitro groups is 1. The second-order valence-electron chi connectivity index (χ2n) is 9.40. The second kappa shape index (κ2) is 8.86. The number of ether oxygens (including phenoxy) is 1. The van der Waals surface area contributed by atoms with Crippen molar-refractivity contribution in [3.05, 3.63) is 21.9 Å². The number of nitrogens with zero attached hydrogens (tertiary/aromatic N) is 1. The van der Waals surface area contributed by atoms with E-state index in [0.29, 0.717) is 12.2 Å². The first-order valence-corrected chi connectivity index (χ1v) is 12.8. The van der Waals surface area contributed by atoms with E-state index in [2.05, 4.69) is 47.7 Å². The number of methoxy groups -OCH3 is 1. The molecule has 27 heavy (non-hydrogen) atoms. The third-order valence-electron chi connectivity index (χ3n) is 6.56. The summed E-state index contributed by atoms with van der Waals surface area (Å²) >= 11 is 0. The van der Waals surface area contributed by atoms with Crippen LogP contribution in [0.3, 0.4) is 0 Å². The molecule has 0 radical (unpaired) electrons. The molecule has 0 bridgehead atoms. The SMILES string of the molecule is CC[C@H](C)[C@@H](O[Si](C)(C)C(C)(C)C)[C@@H](C)[C@H]1CC(OC)=CC(=O)[C@@H]1[N+](=O)[O-]. The molecule has 1 rings (SSSR count). The lowest BCUT2D eigenvalue weighted by Crippen LogP contribution is -2.51. The largest absolute Gasteiger partial charge is 0.501 e. The summed E-state index contributed by atoms with van der Waals surface area (Å²) in [6.07, 6.45) is 2.46. The molecule has 0 unspecified atom stereocenters. The van der Waals surface area contributed by atoms with Crippen LogP contribution in [0.25, 0.3) is 0 Å². The molecular weight excluding hydrogens is 362 g/mol. The summed E-state index contributed by atoms with van der Waals surface area (Å²) in [4.78, 5) is 23.6. The highest BCUT2D eigenvalue weighted by atomic mass is 28.4. The molecule has 5 atom stereocenters. The molecule has 1 aliphatic rings. The van der Waals surface area contributed by atoms with Crippen molar-refractivity contribution in [2.24, 2.45) is 17.8 Å². The van der Waals surface area contributed by atoms with Gasteiger partial charge in [0, 0.05) is 23.3 Å². The molecule has 0 heterocycles. The van der Waals surface area contributed by atoms with E-state index in [1.165, 1.54) is 13.2 Å². The number of rotatable bonds is 8. The molecule has 0 saturated carbocycles. The van der Waals surface area contributed by atoms with Gasteiger partial charge in [-0.25, -0.2) is 0 Å². The van der Waals surface area contributed by atoms with E-state index in [-0.39, 0.29) is 23.0 Å². The van der Waals surface area contributed by atoms with Gasteiger partial charge in [-0.3, -0.25) is 14.9 Å². The molecule has 7 heteroatoms. The summed E-state index contributed by atoms with van der Waals surface area (Å²) in [7, 11) is -0.560. The molecule has 1 aliphatic carbocycles. The average molecular weight is 400 g/mol. The van der Waals surface area contributed by atoms with Gasteiger partial charge in [0.05, 0.1) is 19.0 Å². The van der Waals surface area contributed by atoms with Crippen molar-refractivity contribution in [2.45, 2.75) is 84.7 Å². The molecule has 0 aliphatic heterocycles. The van der Waals surface area contributed by atoms with Crippen LogP contribution in [0.2, 0.25) is 18.1 Å². The molecule has 0 aromatic heterocycles. The fourth-order valence-electron chi connectivity index (χ4n) is 3.47. The summed E-state index contributed by atoms with van der Waals surface area (Å²) < 4.78 is 12.0. The highest BCUT2D eigenvalue weighted by molar-refractivity contribution is 6.74. The van der Waals surface area contributed by atoms with Crippen LogP contribution in [0.1, 0.15) is 54.4 Å². The summed E-state index contributed by atoms with van der Waals surface area (Å²) in [5, 5.41) is 11.7. The zero-order valence-corrected chi connectivity index (χ0v) is 19.4. The Balaban J connectivity index is 3.27. The number of allylic oxidation sites excluding steroid dienone is 1. The van der Waals surface area contributed by atoms with Crippen LogP contribution in [0.4, 0.5) is 0 Å². The summed E-state index contributed by atoms with van der Waals surface area (Å²) in [5.74, 6) is -0.280. The first kappa shape index (κ1) is 23.8. The van der Waals surface area contributed by atoms with E-state index in [9.17, 15) is 14.9 Å². The van der Waals surface area contributed by atoms with Crippen molar-refractivity contribution in [1.82, 2.24) is 0 Å². The monoisotopic (exact) mass is 399 g/mol. The van der Waals surface area contributed by atoms with Crippen molar-refractivity contribution >= 4 is 14.1 Å². The fraction of sp³-hybridized carbons (Fsp3) is 0.850. The smallest absolute Gasteiger partial charge is 0.277 e. The minimum atomic E-state index is -2.07. The second-order valence-corrected chi connectivity index (χ2v) is 14.2. The van der Waals surface area contributed by atoms with Gasteiger partial charge in [0.15, 0.2) is 8.32 Å². The predicted molar refractivity (Wildman–Crippen MR) is 110 cm³/mol. The number of carbonyl (C=O) groups is 1. The van der Waals surface area contributed by atoms with Crippen molar-refractivity contribution < 1.29 is 18.9 Å². The zero-order chi connectivity index (χ0) is 21.2. The van der Waals surface area contributed by atoms with E-state index in [1.807, 2.05) is 6.92 Å². The Morgan fingerprint density at radius 1 is 1.33 bits per heavy atom. The number of hydrogen-bond acceptors (Lipinski definition) is 5. The van der Waals surface area contributed by atoms with E-state index in [0.717, 1.165) is 6.42 Å². The number of carbonyl (C=O) groups excluding carboxylic acids is 1. The Morgan fingerprint density at radius 3 is 2.30 bits per heavy atom. The third kappa shape index (κ3) is 5.41. The van der Waals surface area contributed by atoms with E-state index >= 15 is 0 Å². The average Bonchev–Trinajstić information content (AvgIpc) is 2.56. The minimum Gasteiger partial charge on any atom is -0.501 e. The highest BCUT2D eigenvalue weighted by Crippen LogP contribution is 2.42. The summed E-state index contributed by atoms with van der Waals surface area (Å²) in [5.41, 5.74) is 0. The maximum atomic E-state index is 12.4. The predicted octanol–water partition coefficient (Wildman–Crippen LogP) is 4.82. The lowest BCUT2D eigenvalue weighted by Gasteiger charge is -2.44. The molecule has 0 N–H and O–H groups in total. The molecule has 6 nitrogen and oxygen atoms in total. The molecular formula is C20H37NO5Si. The third-order valence-corrected chi connectivity index (χ3v) is 11.0. The van der Waals surface area contributed by atoms with Crippen molar-refractivity contribution in [2.75, 3.05) is 7.11 Å². The Hall–Kier alpha value is -1.21. The Kier molecular flexibility index (Phi) is 7.82. The maximum absolute atomic E-state index is 12.4. The molecule has 0 spiro atoms. The molecule has 0 saturated heterocycles. The van der Waals surface area contributed by atoms with E-state index < -0.39 is 31.0 Å². The standard InChI is InChI=1S/C20H37NO5Si/c1-10-13(2)19(26-27(8,9)20(4,5)6)14(3)16-11-15(25-7)12-17(22)18(16)21(23)24/h12-14,16,18-19H,10-11H2,1-9H3/t13-,14-,16+,18+,19+/m0/s1. The lowest BCUT2D eigenvalue weighted by atomic mass is 9.74. The molecule has 0 fully saturated rings. The van der Waals surface area contributed by atoms with Gasteiger partial charge in [-0.1, -0.05) is 48.0 Å². The first-order valence-electron chi connectivity index (χ1n) is 9.86. The van der Waals surface area contributed by atoms with Crippen LogP contribution in [-0.4, -0.2) is 38.3 Å². The first-order chi connectivity index (χ1) is 12.3. The molecule has 0 aromatic rings. The van der Waals surface area contributed by atoms with Gasteiger partial charge in [-0.2, -0.15) is 0 Å². The fourth-order valence-corrected chi connectivity index (χ4v) is 4.95. The van der Waals surface area contributed by atoms with Gasteiger partial charge in [0.1, 0.15) is 0 Å². The van der Waals surface area contributed by atoms with Gasteiger partial charge in [-0.05, 0) is 30.0 Å². The number of hydrogen-bond donors (Lipinski definition) is 0. The molecule has 156 valence electrons. The van der Waals surface area contributed by atoms with Gasteiger partial charge in [0.25, 0.3) is 6.04 Å². The van der Waals surface area contributed by atoms with Gasteiger partial charge >= 0.3 is 0 Å². The van der Waals surface area contributed by atoms with Crippen LogP contribution in [0.5, 0.6) is 0 Å². The molecule has 0 amide bonds. The minimum absolute atomic E-state index is 0.0426. The van der Waals surface area contributed by atoms with Crippen LogP contribution in [0, 0.1) is 27.9 Å². The van der Waals surface area contributed by atoms with Crippen molar-refractivity contribution in [3.63, 3.8) is 0 Å². The summed E-state index contributed by atoms with van der Waals surface area (Å²) in [6.45, 7) is 17.2. The molecule has 0 aromatic carbocycles. The van der Waals surface area contributed by atoms with Crippen molar-refractivity contribution in [3.8, 4) is 0 Å². The van der Waals surface area contributed by atoms with E-state index in [1.54, 1.807) is 0 Å². The van der Waals surface area contributed by atoms with Crippen LogP contribution >= 0.6 is 0 Å². The quantitative estimate of drug-likeness (QED) is 0.332.